The van der Waals surface area contributed by atoms with Gasteiger partial charge in [0, 0.05) is 30.4 Å². The van der Waals surface area contributed by atoms with Crippen molar-refractivity contribution in [2.24, 2.45) is 0 Å². The molecule has 4 nitrogen and oxygen atoms in total. The van der Waals surface area contributed by atoms with Crippen LogP contribution < -0.4 is 4.90 Å². The van der Waals surface area contributed by atoms with Crippen molar-refractivity contribution >= 4 is 40.6 Å². The van der Waals surface area contributed by atoms with Gasteiger partial charge in [-0.3, -0.25) is 4.79 Å². The van der Waals surface area contributed by atoms with Crippen LogP contribution in [-0.4, -0.2) is 32.5 Å². The summed E-state index contributed by atoms with van der Waals surface area (Å²) in [6.07, 6.45) is 0. The molecule has 0 spiro atoms. The molecule has 23 heavy (non-hydrogen) atoms. The van der Waals surface area contributed by atoms with Crippen LogP contribution in [0.25, 0.3) is 0 Å². The van der Waals surface area contributed by atoms with E-state index in [2.05, 4.69) is 0 Å². The highest BCUT2D eigenvalue weighted by Crippen LogP contribution is 2.21. The van der Waals surface area contributed by atoms with Gasteiger partial charge in [-0.1, -0.05) is 23.2 Å². The summed E-state index contributed by atoms with van der Waals surface area (Å²) in [7, 11) is 3.81. The molecule has 0 amide bonds. The Morgan fingerprint density at radius 3 is 2.26 bits per heavy atom. The van der Waals surface area contributed by atoms with Gasteiger partial charge in [0.25, 0.3) is 0 Å². The molecule has 0 unspecified atom stereocenters. The Labute approximate surface area is 144 Å². The quantitative estimate of drug-likeness (QED) is 0.600. The fourth-order valence-electron chi connectivity index (χ4n) is 1.90. The molecule has 0 heterocycles. The van der Waals surface area contributed by atoms with Crippen molar-refractivity contribution in [1.29, 1.82) is 0 Å². The van der Waals surface area contributed by atoms with Gasteiger partial charge < -0.3 is 9.64 Å². The number of nitrogens with zero attached hydrogens (tertiary/aromatic N) is 1. The van der Waals surface area contributed by atoms with Gasteiger partial charge in [0.1, 0.15) is 0 Å². The van der Waals surface area contributed by atoms with Crippen LogP contribution in [0.3, 0.4) is 0 Å². The minimum Gasteiger partial charge on any atom is -0.454 e. The largest absolute Gasteiger partial charge is 0.454 e. The van der Waals surface area contributed by atoms with E-state index in [1.807, 2.05) is 19.0 Å². The molecule has 2 aromatic carbocycles. The molecule has 0 aliphatic carbocycles. The number of hydrogen-bond acceptors (Lipinski definition) is 4. The second kappa shape index (κ2) is 7.49. The number of halogens is 2. The number of rotatable bonds is 5. The fourth-order valence-corrected chi connectivity index (χ4v) is 2.42. The molecule has 6 heteroatoms. The molecule has 0 N–H and O–H groups in total. The van der Waals surface area contributed by atoms with Crippen molar-refractivity contribution in [2.45, 2.75) is 0 Å². The van der Waals surface area contributed by atoms with E-state index in [1.54, 1.807) is 30.3 Å². The Kier molecular flexibility index (Phi) is 5.64. The average Bonchev–Trinajstić information content (AvgIpc) is 2.52. The lowest BCUT2D eigenvalue weighted by Crippen LogP contribution is -2.15. The Morgan fingerprint density at radius 2 is 1.70 bits per heavy atom. The summed E-state index contributed by atoms with van der Waals surface area (Å²) < 4.78 is 5.04. The van der Waals surface area contributed by atoms with E-state index >= 15 is 0 Å². The minimum atomic E-state index is -0.561. The van der Waals surface area contributed by atoms with E-state index in [9.17, 15) is 9.59 Å². The Bertz CT molecular complexity index is 727. The summed E-state index contributed by atoms with van der Waals surface area (Å²) in [5.41, 5.74) is 1.61. The summed E-state index contributed by atoms with van der Waals surface area (Å²) in [5, 5.41) is 0.665. The second-order valence-electron chi connectivity index (χ2n) is 5.06. The maximum Gasteiger partial charge on any atom is 0.338 e. The number of ketones is 1. The molecule has 2 rings (SSSR count). The minimum absolute atomic E-state index is 0.230. The first-order valence-electron chi connectivity index (χ1n) is 6.81. The number of Topliss-reactive ketones (excluding diaryl/α,β-unsaturated/α-hetero) is 1. The third-order valence-corrected chi connectivity index (χ3v) is 3.73. The second-order valence-corrected chi connectivity index (χ2v) is 5.91. The highest BCUT2D eigenvalue weighted by molar-refractivity contribution is 6.36. The van der Waals surface area contributed by atoms with Crippen molar-refractivity contribution in [3.05, 3.63) is 63.6 Å². The van der Waals surface area contributed by atoms with Gasteiger partial charge in [0.2, 0.25) is 5.78 Å². The smallest absolute Gasteiger partial charge is 0.338 e. The molecule has 2 aromatic rings. The first-order valence-corrected chi connectivity index (χ1v) is 7.57. The van der Waals surface area contributed by atoms with Crippen LogP contribution in [0.2, 0.25) is 10.0 Å². The van der Waals surface area contributed by atoms with E-state index in [1.165, 1.54) is 12.1 Å². The van der Waals surface area contributed by atoms with Crippen molar-refractivity contribution in [2.75, 3.05) is 25.6 Å². The van der Waals surface area contributed by atoms with Gasteiger partial charge in [0.15, 0.2) is 6.61 Å². The molecule has 0 aliphatic heterocycles. The number of hydrogen-bond donors (Lipinski definition) is 0. The van der Waals surface area contributed by atoms with Crippen LogP contribution in [0.5, 0.6) is 0 Å². The standard InChI is InChI=1S/C17H15Cl2NO3/c1-20(2)13-6-3-11(4-7-13)17(22)23-10-16(21)14-8-5-12(18)9-15(14)19/h3-9H,10H2,1-2H3. The van der Waals surface area contributed by atoms with Crippen molar-refractivity contribution in [3.8, 4) is 0 Å². The van der Waals surface area contributed by atoms with E-state index in [0.29, 0.717) is 10.6 Å². The van der Waals surface area contributed by atoms with Crippen LogP contribution in [0.4, 0.5) is 5.69 Å². The number of carbonyl (C=O) groups excluding carboxylic acids is 2. The number of ether oxygens (including phenoxy) is 1. The SMILES string of the molecule is CN(C)c1ccc(C(=O)OCC(=O)c2ccc(Cl)cc2Cl)cc1. The first-order chi connectivity index (χ1) is 10.9. The molecule has 0 aromatic heterocycles. The number of benzene rings is 2. The third-order valence-electron chi connectivity index (χ3n) is 3.19. The van der Waals surface area contributed by atoms with E-state index in [-0.39, 0.29) is 23.0 Å². The lowest BCUT2D eigenvalue weighted by atomic mass is 10.1. The molecule has 120 valence electrons. The van der Waals surface area contributed by atoms with Crippen LogP contribution in [0.1, 0.15) is 20.7 Å². The molecule has 0 saturated heterocycles. The van der Waals surface area contributed by atoms with Crippen LogP contribution in [0, 0.1) is 0 Å². The average molecular weight is 352 g/mol. The first kappa shape index (κ1) is 17.3. The molecule has 0 saturated carbocycles. The number of esters is 1. The van der Waals surface area contributed by atoms with Gasteiger partial charge in [-0.15, -0.1) is 0 Å². The lowest BCUT2D eigenvalue weighted by molar-refractivity contribution is 0.0475. The van der Waals surface area contributed by atoms with Gasteiger partial charge in [-0.2, -0.15) is 0 Å². The van der Waals surface area contributed by atoms with Crippen LogP contribution in [0.15, 0.2) is 42.5 Å². The highest BCUT2D eigenvalue weighted by Gasteiger charge is 2.14. The van der Waals surface area contributed by atoms with E-state index in [4.69, 9.17) is 27.9 Å². The Morgan fingerprint density at radius 1 is 1.04 bits per heavy atom. The zero-order valence-corrected chi connectivity index (χ0v) is 14.2. The molecule has 0 atom stereocenters. The maximum atomic E-state index is 12.0. The van der Waals surface area contributed by atoms with Gasteiger partial charge in [-0.25, -0.2) is 4.79 Å². The predicted molar refractivity (Wildman–Crippen MR) is 91.8 cm³/mol. The van der Waals surface area contributed by atoms with Crippen molar-refractivity contribution < 1.29 is 14.3 Å². The zero-order valence-electron chi connectivity index (χ0n) is 12.7. The Balaban J connectivity index is 1.99. The summed E-state index contributed by atoms with van der Waals surface area (Å²) in [4.78, 5) is 25.9. The number of carbonyl (C=O) groups is 2. The monoisotopic (exact) mass is 351 g/mol. The molecule has 0 fully saturated rings. The van der Waals surface area contributed by atoms with Crippen LogP contribution in [-0.2, 0) is 4.74 Å². The topological polar surface area (TPSA) is 46.6 Å². The molecular formula is C17H15Cl2NO3. The molecule has 0 bridgehead atoms. The van der Waals surface area contributed by atoms with Crippen molar-refractivity contribution in [1.82, 2.24) is 0 Å². The molecule has 0 aliphatic rings. The fraction of sp³-hybridized carbons (Fsp3) is 0.176. The van der Waals surface area contributed by atoms with Crippen LogP contribution >= 0.6 is 23.2 Å². The molecule has 0 radical (unpaired) electrons. The van der Waals surface area contributed by atoms with E-state index < -0.39 is 5.97 Å². The Hall–Kier alpha value is -2.04. The highest BCUT2D eigenvalue weighted by atomic mass is 35.5. The summed E-state index contributed by atoms with van der Waals surface area (Å²) in [5.74, 6) is -0.946. The molecular weight excluding hydrogens is 337 g/mol. The van der Waals surface area contributed by atoms with Gasteiger partial charge in [0.05, 0.1) is 10.6 Å². The van der Waals surface area contributed by atoms with Gasteiger partial charge >= 0.3 is 5.97 Å². The normalized spacial score (nSPS) is 10.3. The number of anilines is 1. The third kappa shape index (κ3) is 4.47. The maximum absolute atomic E-state index is 12.0. The van der Waals surface area contributed by atoms with E-state index in [0.717, 1.165) is 5.69 Å². The zero-order chi connectivity index (χ0) is 17.0. The lowest BCUT2D eigenvalue weighted by Gasteiger charge is -2.12. The summed E-state index contributed by atoms with van der Waals surface area (Å²) >= 11 is 11.7. The summed E-state index contributed by atoms with van der Waals surface area (Å²) in [6.45, 7) is -0.379. The summed E-state index contributed by atoms with van der Waals surface area (Å²) in [6, 6.07) is 11.4. The predicted octanol–water partition coefficient (Wildman–Crippen LogP) is 4.10. The van der Waals surface area contributed by atoms with Gasteiger partial charge in [-0.05, 0) is 42.5 Å². The van der Waals surface area contributed by atoms with Crippen molar-refractivity contribution in [3.63, 3.8) is 0 Å².